The third kappa shape index (κ3) is 23.4. The molecule has 6 heterocycles. The number of nitrogens with zero attached hydrogens (tertiary/aromatic N) is 6. The van der Waals surface area contributed by atoms with E-state index in [9.17, 15) is 25.5 Å². The number of hydrogen-bond acceptors (Lipinski definition) is 12. The molecule has 0 bridgehead atoms. The molecule has 0 amide bonds. The van der Waals surface area contributed by atoms with E-state index in [1.807, 2.05) is 264 Å². The second kappa shape index (κ2) is 44.8. The molecule has 0 aliphatic heterocycles. The Hall–Kier alpha value is -8.62. The normalized spacial score (nSPS) is 11.4. The van der Waals surface area contributed by atoms with Crippen molar-refractivity contribution in [3.05, 3.63) is 244 Å². The highest BCUT2D eigenvalue weighted by atomic mass is 16.3. The molecule has 12 rings (SSSR count). The predicted octanol–water partition coefficient (Wildman–Crippen LogP) is 21.3. The van der Waals surface area contributed by atoms with Gasteiger partial charge in [0, 0.05) is 98.5 Å². The Morgan fingerprint density at radius 1 is 0.287 bits per heavy atom. The van der Waals surface area contributed by atoms with Gasteiger partial charge in [-0.25, -0.2) is 0 Å². The van der Waals surface area contributed by atoms with E-state index < -0.39 is 30.5 Å². The second-order valence-corrected chi connectivity index (χ2v) is 20.7. The van der Waals surface area contributed by atoms with Crippen LogP contribution in [-0.2, 0) is 0 Å². The molecule has 5 atom stereocenters. The van der Waals surface area contributed by atoms with Gasteiger partial charge >= 0.3 is 0 Å². The molecule has 5 unspecified atom stereocenters. The van der Waals surface area contributed by atoms with Gasteiger partial charge in [0.05, 0.1) is 53.4 Å². The number of pyridine rings is 6. The number of nitrogen functional groups attached to an aromatic ring is 1. The van der Waals surface area contributed by atoms with Crippen LogP contribution < -0.4 is 5.73 Å². The van der Waals surface area contributed by atoms with Gasteiger partial charge in [-0.3, -0.25) is 29.9 Å². The first kappa shape index (κ1) is 83.4. The molecule has 12 heteroatoms. The smallest absolute Gasteiger partial charge is 0.0785 e. The molecule has 0 aliphatic rings. The van der Waals surface area contributed by atoms with Crippen molar-refractivity contribution in [2.24, 2.45) is 0 Å². The second-order valence-electron chi connectivity index (χ2n) is 20.7. The molecule has 0 aliphatic carbocycles. The third-order valence-corrected chi connectivity index (χ3v) is 14.4. The molecule has 6 aromatic carbocycles. The number of rotatable bonds is 5. The molecule has 0 saturated heterocycles. The van der Waals surface area contributed by atoms with Gasteiger partial charge in [-0.2, -0.15) is 0 Å². The van der Waals surface area contributed by atoms with E-state index in [1.54, 1.807) is 59.4 Å². The Morgan fingerprint density at radius 2 is 0.713 bits per heavy atom. The average molecular weight is 1270 g/mol. The number of fused-ring (bicyclic) bond motifs is 6. The molecule has 6 aromatic heterocycles. The molecule has 94 heavy (non-hydrogen) atoms. The molecule has 0 saturated carbocycles. The van der Waals surface area contributed by atoms with Crippen molar-refractivity contribution in [1.29, 1.82) is 0 Å². The quantitative estimate of drug-likeness (QED) is 0.0953. The van der Waals surface area contributed by atoms with Gasteiger partial charge in [0.25, 0.3) is 0 Å². The van der Waals surface area contributed by atoms with Crippen LogP contribution in [0, 0.1) is 41.5 Å². The molecular formula is C82H111N7O5. The van der Waals surface area contributed by atoms with Crippen LogP contribution in [0.5, 0.6) is 0 Å². The summed E-state index contributed by atoms with van der Waals surface area (Å²) in [5, 5.41) is 59.2. The fraction of sp³-hybridized carbons (Fsp3) is 0.341. The first-order valence-corrected chi connectivity index (χ1v) is 33.5. The van der Waals surface area contributed by atoms with Gasteiger partial charge in [-0.05, 0) is 173 Å². The zero-order valence-corrected chi connectivity index (χ0v) is 60.7. The van der Waals surface area contributed by atoms with Crippen LogP contribution in [0.25, 0.3) is 64.9 Å². The minimum Gasteiger partial charge on any atom is -0.397 e. The summed E-state index contributed by atoms with van der Waals surface area (Å²) in [6.07, 6.45) is 13.9. The fourth-order valence-corrected chi connectivity index (χ4v) is 10.6. The summed E-state index contributed by atoms with van der Waals surface area (Å²) < 4.78 is 0. The van der Waals surface area contributed by atoms with Crippen LogP contribution >= 0.6 is 0 Å². The van der Waals surface area contributed by atoms with Crippen LogP contribution in [-0.4, -0.2) is 55.4 Å². The Kier molecular flexibility index (Phi) is 39.8. The van der Waals surface area contributed by atoms with E-state index in [1.165, 1.54) is 5.56 Å². The maximum atomic E-state index is 9.68. The number of hydrogen-bond donors (Lipinski definition) is 6. The Morgan fingerprint density at radius 3 is 1.29 bits per heavy atom. The van der Waals surface area contributed by atoms with Crippen LogP contribution in [0.2, 0.25) is 0 Å². The molecule has 504 valence electrons. The number of aryl methyl sites for hydroxylation is 6. The number of aliphatic hydroxyl groups is 5. The molecule has 0 fully saturated rings. The van der Waals surface area contributed by atoms with Crippen LogP contribution in [0.4, 0.5) is 5.69 Å². The fourth-order valence-electron chi connectivity index (χ4n) is 10.6. The number of aliphatic hydroxyl groups excluding tert-OH is 5. The minimum absolute atomic E-state index is 0.430. The summed E-state index contributed by atoms with van der Waals surface area (Å²) in [4.78, 5) is 25.0. The number of nitrogens with two attached hydrogens (primary N) is 1. The molecule has 7 N–H and O–H groups in total. The molecular weight excluding hydrogens is 1160 g/mol. The van der Waals surface area contributed by atoms with Gasteiger partial charge in [-0.15, -0.1) is 0 Å². The van der Waals surface area contributed by atoms with Gasteiger partial charge < -0.3 is 31.3 Å². The van der Waals surface area contributed by atoms with Crippen molar-refractivity contribution >= 4 is 70.6 Å². The summed E-state index contributed by atoms with van der Waals surface area (Å²) >= 11 is 0. The number of aromatic nitrogens is 6. The highest BCUT2D eigenvalue weighted by molar-refractivity contribution is 5.94. The van der Waals surface area contributed by atoms with E-state index in [4.69, 9.17) is 5.73 Å². The molecule has 0 radical (unpaired) electrons. The lowest BCUT2D eigenvalue weighted by Gasteiger charge is -2.12. The molecule has 12 nitrogen and oxygen atoms in total. The predicted molar refractivity (Wildman–Crippen MR) is 405 cm³/mol. The Balaban J connectivity index is 0.000000546. The zero-order valence-electron chi connectivity index (χ0n) is 60.7. The van der Waals surface area contributed by atoms with Crippen molar-refractivity contribution in [1.82, 2.24) is 29.9 Å². The number of para-hydroxylation sites is 1. The average Bonchev–Trinajstić information content (AvgIpc) is 0.882. The van der Waals surface area contributed by atoms with E-state index in [-0.39, 0.29) is 0 Å². The Labute approximate surface area is 563 Å². The lowest BCUT2D eigenvalue weighted by atomic mass is 9.98. The standard InChI is InChI=1S/5C12H13NO.C10H10N2.6C2H6/c1-8-3-4-10-7-13-6-5-11(10)12(8)9(2)14;1-8-3-4-10-5-6-13-7-11(10)12(8)9(2)14;1-8-5-6-11-10(4-3-7-13-11)12(8)9(2)14;1-8-12(9(2)14)11-6-4-3-5-10(11)7-13-8;1-8-7-13-11-6-4-3-5-10(11)12(8)9(2)14;1-7-3-2-4-8-5-12-6-9(11)10(7)8;6*1-2/h5*3-7,9,14H,1-2H3;2-6H,11H2,1H3;6*1-2H3. The topological polar surface area (TPSA) is 205 Å². The summed E-state index contributed by atoms with van der Waals surface area (Å²) in [7, 11) is 0. The monoisotopic (exact) mass is 1270 g/mol. The van der Waals surface area contributed by atoms with Crippen molar-refractivity contribution < 1.29 is 25.5 Å². The summed E-state index contributed by atoms with van der Waals surface area (Å²) in [5.74, 6) is 0. The highest BCUT2D eigenvalue weighted by Gasteiger charge is 2.14. The first-order chi connectivity index (χ1) is 45.3. The van der Waals surface area contributed by atoms with E-state index in [0.29, 0.717) is 0 Å². The lowest BCUT2D eigenvalue weighted by Crippen LogP contribution is -1.98. The van der Waals surface area contributed by atoms with Crippen molar-refractivity contribution in [2.45, 2.75) is 190 Å². The largest absolute Gasteiger partial charge is 0.397 e. The Bertz CT molecular complexity index is 3550. The van der Waals surface area contributed by atoms with Crippen LogP contribution in [0.15, 0.2) is 183 Å². The van der Waals surface area contributed by atoms with Gasteiger partial charge in [0.2, 0.25) is 0 Å². The van der Waals surface area contributed by atoms with Gasteiger partial charge in [0.15, 0.2) is 0 Å². The van der Waals surface area contributed by atoms with Gasteiger partial charge in [-0.1, -0.05) is 180 Å². The van der Waals surface area contributed by atoms with E-state index >= 15 is 0 Å². The van der Waals surface area contributed by atoms with Crippen molar-refractivity contribution in [3.63, 3.8) is 0 Å². The summed E-state index contributed by atoms with van der Waals surface area (Å²) in [5.41, 5.74) is 19.8. The first-order valence-electron chi connectivity index (χ1n) is 33.5. The SMILES string of the molecule is CC.CC.CC.CC.CC.CC.Cc1ccc2ccncc2c1C(C)O.Cc1ccc2cnccc2c1C(C)O.Cc1ccc2ncccc2c1C(C)O.Cc1cccc2cncc(N)c12.Cc1cnc2ccccc2c1C(C)O.Cc1ncc2ccccc2c1C(C)O. The minimum atomic E-state index is -0.464. The maximum absolute atomic E-state index is 9.68. The number of benzene rings is 6. The van der Waals surface area contributed by atoms with Crippen molar-refractivity contribution in [3.8, 4) is 0 Å². The van der Waals surface area contributed by atoms with E-state index in [2.05, 4.69) is 49.0 Å². The van der Waals surface area contributed by atoms with Gasteiger partial charge in [0.1, 0.15) is 0 Å². The van der Waals surface area contributed by atoms with E-state index in [0.717, 1.165) is 126 Å². The van der Waals surface area contributed by atoms with Crippen LogP contribution in [0.1, 0.15) is 210 Å². The van der Waals surface area contributed by atoms with Crippen LogP contribution in [0.3, 0.4) is 0 Å². The lowest BCUT2D eigenvalue weighted by molar-refractivity contribution is 0.199. The number of anilines is 1. The third-order valence-electron chi connectivity index (χ3n) is 14.4. The summed E-state index contributed by atoms with van der Waals surface area (Å²) in [6.45, 7) is 44.9. The summed E-state index contributed by atoms with van der Waals surface area (Å²) in [6, 6.07) is 41.9. The molecule has 12 aromatic rings. The molecule has 0 spiro atoms. The highest BCUT2D eigenvalue weighted by Crippen LogP contribution is 2.31. The zero-order chi connectivity index (χ0) is 71.2. The van der Waals surface area contributed by atoms with Crippen molar-refractivity contribution in [2.75, 3.05) is 5.73 Å². The maximum Gasteiger partial charge on any atom is 0.0785 e.